The van der Waals surface area contributed by atoms with Crippen LogP contribution in [0.3, 0.4) is 0 Å². The molecule has 1 aromatic carbocycles. The average Bonchev–Trinajstić information content (AvgIpc) is 3.62. The average molecular weight is 498 g/mol. The van der Waals surface area contributed by atoms with Crippen molar-refractivity contribution in [2.75, 3.05) is 13.7 Å². The lowest BCUT2D eigenvalue weighted by molar-refractivity contribution is -0.119. The van der Waals surface area contributed by atoms with Crippen molar-refractivity contribution in [1.82, 2.24) is 24.8 Å². The highest BCUT2D eigenvalue weighted by Crippen LogP contribution is 2.35. The summed E-state index contributed by atoms with van der Waals surface area (Å²) in [7, 11) is 1.66. The Balaban J connectivity index is 0.000000174. The van der Waals surface area contributed by atoms with E-state index >= 15 is 0 Å². The minimum absolute atomic E-state index is 0.129. The van der Waals surface area contributed by atoms with Gasteiger partial charge in [-0.05, 0) is 55.7 Å². The van der Waals surface area contributed by atoms with Gasteiger partial charge in [-0.15, -0.1) is 0 Å². The third-order valence-corrected chi connectivity index (χ3v) is 6.73. The standard InChI is InChI=1S/C16H21NO3.C10H14N4O2/c1-19-14-7-6-11(12-9-16(18)17-10-12)8-15(14)20-13-4-2-3-5-13;1-6(2)3-4-14-9(15)7-8(12-5-11-7)13-10(14)16/h6-8,12-13H,2-5,9-10H2,1H3,(H,17,18);5-6H,3-4H2,1-2H3,(H,11,12)(H,13,16). The minimum atomic E-state index is -0.398. The lowest BCUT2D eigenvalue weighted by Crippen LogP contribution is -2.35. The first-order valence-electron chi connectivity index (χ1n) is 12.6. The highest BCUT2D eigenvalue weighted by molar-refractivity contribution is 5.79. The van der Waals surface area contributed by atoms with E-state index < -0.39 is 5.69 Å². The molecule has 3 aromatic rings. The Kier molecular flexibility index (Phi) is 8.12. The topological polar surface area (TPSA) is 131 Å². The summed E-state index contributed by atoms with van der Waals surface area (Å²) in [4.78, 5) is 44.0. The summed E-state index contributed by atoms with van der Waals surface area (Å²) in [5.41, 5.74) is 1.11. The molecule has 2 aromatic heterocycles. The molecule has 1 atom stereocenters. The summed E-state index contributed by atoms with van der Waals surface area (Å²) in [6, 6.07) is 6.02. The zero-order valence-corrected chi connectivity index (χ0v) is 21.1. The summed E-state index contributed by atoms with van der Waals surface area (Å²) in [6.45, 7) is 5.25. The Bertz CT molecular complexity index is 1300. The first-order chi connectivity index (χ1) is 17.4. The van der Waals surface area contributed by atoms with Crippen LogP contribution in [0.15, 0.2) is 34.1 Å². The third-order valence-electron chi connectivity index (χ3n) is 6.73. The number of carbonyl (C=O) groups excluding carboxylic acids is 1. The van der Waals surface area contributed by atoms with E-state index in [4.69, 9.17) is 9.47 Å². The van der Waals surface area contributed by atoms with E-state index in [-0.39, 0.29) is 17.4 Å². The number of fused-ring (bicyclic) bond motifs is 1. The van der Waals surface area contributed by atoms with Gasteiger partial charge in [0.2, 0.25) is 5.91 Å². The Morgan fingerprint density at radius 1 is 1.14 bits per heavy atom. The number of hydrogen-bond donors (Lipinski definition) is 3. The number of nitrogens with one attached hydrogen (secondary N) is 3. The Morgan fingerprint density at radius 3 is 2.58 bits per heavy atom. The number of aromatic amines is 2. The van der Waals surface area contributed by atoms with Gasteiger partial charge in [0.15, 0.2) is 17.1 Å². The fourth-order valence-electron chi connectivity index (χ4n) is 4.60. The van der Waals surface area contributed by atoms with Crippen LogP contribution in [0.5, 0.6) is 11.5 Å². The number of hydrogen-bond acceptors (Lipinski definition) is 6. The van der Waals surface area contributed by atoms with Crippen molar-refractivity contribution in [3.05, 3.63) is 50.9 Å². The van der Waals surface area contributed by atoms with Gasteiger partial charge >= 0.3 is 5.69 Å². The molecule has 1 unspecified atom stereocenters. The van der Waals surface area contributed by atoms with E-state index in [0.717, 1.165) is 36.3 Å². The second kappa shape index (κ2) is 11.5. The van der Waals surface area contributed by atoms with E-state index in [1.165, 1.54) is 23.7 Å². The van der Waals surface area contributed by atoms with Gasteiger partial charge in [0.05, 0.1) is 19.5 Å². The van der Waals surface area contributed by atoms with Crippen LogP contribution < -0.4 is 26.0 Å². The number of aromatic nitrogens is 4. The van der Waals surface area contributed by atoms with Gasteiger partial charge in [0.1, 0.15) is 5.52 Å². The number of benzene rings is 1. The summed E-state index contributed by atoms with van der Waals surface area (Å²) in [6.07, 6.45) is 7.80. The van der Waals surface area contributed by atoms with Gasteiger partial charge in [0, 0.05) is 25.4 Å². The summed E-state index contributed by atoms with van der Waals surface area (Å²) < 4.78 is 12.7. The predicted octanol–water partition coefficient (Wildman–Crippen LogP) is 3.08. The predicted molar refractivity (Wildman–Crippen MR) is 137 cm³/mol. The van der Waals surface area contributed by atoms with Crippen LogP contribution in [-0.2, 0) is 11.3 Å². The maximum Gasteiger partial charge on any atom is 0.330 e. The monoisotopic (exact) mass is 497 g/mol. The maximum absolute atomic E-state index is 11.9. The molecule has 2 aliphatic rings. The number of H-pyrrole nitrogens is 2. The smallest absolute Gasteiger partial charge is 0.330 e. The van der Waals surface area contributed by atoms with Gasteiger partial charge in [-0.25, -0.2) is 9.78 Å². The van der Waals surface area contributed by atoms with E-state index in [2.05, 4.69) is 20.3 Å². The van der Waals surface area contributed by atoms with E-state index in [0.29, 0.717) is 42.7 Å². The molecule has 10 heteroatoms. The Hall–Kier alpha value is -3.56. The molecule has 1 amide bonds. The molecule has 3 N–H and O–H groups in total. The van der Waals surface area contributed by atoms with Crippen LogP contribution in [0.25, 0.3) is 11.2 Å². The van der Waals surface area contributed by atoms with E-state index in [1.807, 2.05) is 32.0 Å². The molecular weight excluding hydrogens is 462 g/mol. The molecule has 36 heavy (non-hydrogen) atoms. The lowest BCUT2D eigenvalue weighted by Gasteiger charge is -2.18. The molecule has 1 aliphatic carbocycles. The lowest BCUT2D eigenvalue weighted by atomic mass is 9.98. The van der Waals surface area contributed by atoms with Gasteiger partial charge in [-0.1, -0.05) is 19.9 Å². The van der Waals surface area contributed by atoms with Gasteiger partial charge in [0.25, 0.3) is 5.56 Å². The second-order valence-electron chi connectivity index (χ2n) is 9.84. The molecule has 3 heterocycles. The number of methoxy groups -OCH3 is 1. The molecule has 1 saturated heterocycles. The summed E-state index contributed by atoms with van der Waals surface area (Å²) in [5, 5.41) is 2.88. The number of carbonyl (C=O) groups is 1. The van der Waals surface area contributed by atoms with Crippen LogP contribution >= 0.6 is 0 Å². The van der Waals surface area contributed by atoms with Crippen molar-refractivity contribution in [1.29, 1.82) is 0 Å². The fraction of sp³-hybridized carbons (Fsp3) is 0.538. The van der Waals surface area contributed by atoms with Crippen LogP contribution in [-0.4, -0.2) is 45.2 Å². The van der Waals surface area contributed by atoms with E-state index in [1.54, 1.807) is 7.11 Å². The number of amides is 1. The first-order valence-corrected chi connectivity index (χ1v) is 12.6. The molecular formula is C26H35N5O5. The van der Waals surface area contributed by atoms with Gasteiger partial charge < -0.3 is 19.8 Å². The van der Waals surface area contributed by atoms with Crippen molar-refractivity contribution in [3.8, 4) is 11.5 Å². The highest BCUT2D eigenvalue weighted by Gasteiger charge is 2.25. The Morgan fingerprint density at radius 2 is 1.92 bits per heavy atom. The highest BCUT2D eigenvalue weighted by atomic mass is 16.5. The van der Waals surface area contributed by atoms with Crippen molar-refractivity contribution >= 4 is 17.1 Å². The number of rotatable bonds is 7. The van der Waals surface area contributed by atoms with Crippen molar-refractivity contribution < 1.29 is 14.3 Å². The van der Waals surface area contributed by atoms with Crippen molar-refractivity contribution in [2.45, 2.75) is 70.9 Å². The fourth-order valence-corrected chi connectivity index (χ4v) is 4.60. The number of ether oxygens (including phenoxy) is 2. The van der Waals surface area contributed by atoms with Crippen LogP contribution in [0.4, 0.5) is 0 Å². The van der Waals surface area contributed by atoms with Crippen molar-refractivity contribution in [2.24, 2.45) is 5.92 Å². The van der Waals surface area contributed by atoms with Crippen LogP contribution in [0.2, 0.25) is 0 Å². The molecule has 0 spiro atoms. The normalized spacial score (nSPS) is 17.8. The van der Waals surface area contributed by atoms with Crippen molar-refractivity contribution in [3.63, 3.8) is 0 Å². The largest absolute Gasteiger partial charge is 0.493 e. The van der Waals surface area contributed by atoms with Gasteiger partial charge in [-0.3, -0.25) is 19.1 Å². The molecule has 5 rings (SSSR count). The quantitative estimate of drug-likeness (QED) is 0.460. The molecule has 1 aliphatic heterocycles. The zero-order valence-electron chi connectivity index (χ0n) is 21.1. The Labute approximate surface area is 209 Å². The van der Waals surface area contributed by atoms with Crippen LogP contribution in [0.1, 0.15) is 63.9 Å². The molecule has 2 fully saturated rings. The maximum atomic E-state index is 11.9. The molecule has 0 radical (unpaired) electrons. The second-order valence-corrected chi connectivity index (χ2v) is 9.84. The van der Waals surface area contributed by atoms with E-state index in [9.17, 15) is 14.4 Å². The molecule has 0 bridgehead atoms. The molecule has 194 valence electrons. The van der Waals surface area contributed by atoms with Gasteiger partial charge in [-0.2, -0.15) is 0 Å². The minimum Gasteiger partial charge on any atom is -0.493 e. The summed E-state index contributed by atoms with van der Waals surface area (Å²) in [5.74, 6) is 2.42. The molecule has 10 nitrogen and oxygen atoms in total. The summed E-state index contributed by atoms with van der Waals surface area (Å²) >= 11 is 0. The number of imidazole rings is 1. The first kappa shape index (κ1) is 25.5. The number of nitrogens with zero attached hydrogens (tertiary/aromatic N) is 2. The van der Waals surface area contributed by atoms with Crippen LogP contribution in [0, 0.1) is 5.92 Å². The molecule has 1 saturated carbocycles. The third kappa shape index (κ3) is 5.98. The zero-order chi connectivity index (χ0) is 25.7. The SMILES string of the molecule is CC(C)CCn1c(=O)[nH]c2nc[nH]c2c1=O.COc1ccc(C2CNC(=O)C2)cc1OC1CCCC1.